The van der Waals surface area contributed by atoms with Gasteiger partial charge in [0.25, 0.3) is 0 Å². The summed E-state index contributed by atoms with van der Waals surface area (Å²) < 4.78 is 68.8. The summed E-state index contributed by atoms with van der Waals surface area (Å²) in [5, 5.41) is 10.7. The maximum absolute atomic E-state index is 13.1. The summed E-state index contributed by atoms with van der Waals surface area (Å²) in [5.74, 6) is 1.12. The minimum absolute atomic E-state index is 0.106. The van der Waals surface area contributed by atoms with Crippen LogP contribution in [0.3, 0.4) is 0 Å². The van der Waals surface area contributed by atoms with Gasteiger partial charge in [-0.2, -0.15) is 0 Å². The molecular weight excluding hydrogens is 1350 g/mol. The largest absolute Gasteiger partial charge is 0.472 e. The lowest BCUT2D eigenvalue weighted by atomic mass is 9.99. The highest BCUT2D eigenvalue weighted by Crippen LogP contribution is 2.45. The Kier molecular flexibility index (Phi) is 72.5. The van der Waals surface area contributed by atoms with Gasteiger partial charge in [0.05, 0.1) is 26.4 Å². The molecule has 618 valence electrons. The highest BCUT2D eigenvalue weighted by Gasteiger charge is 2.31. The topological polar surface area (TPSA) is 237 Å². The third-order valence-electron chi connectivity index (χ3n) is 20.9. The van der Waals surface area contributed by atoms with Gasteiger partial charge in [0.1, 0.15) is 19.3 Å². The van der Waals surface area contributed by atoms with Crippen molar-refractivity contribution in [1.29, 1.82) is 0 Å². The molecular formula is C85H166O17P2. The monoisotopic (exact) mass is 1520 g/mol. The highest BCUT2D eigenvalue weighted by atomic mass is 31.2. The number of aliphatic hydroxyl groups excluding tert-OH is 1. The average Bonchev–Trinajstić information content (AvgIpc) is 0.904. The fourth-order valence-electron chi connectivity index (χ4n) is 13.0. The van der Waals surface area contributed by atoms with Crippen LogP contribution in [0.2, 0.25) is 0 Å². The van der Waals surface area contributed by atoms with E-state index in [1.165, 1.54) is 238 Å². The van der Waals surface area contributed by atoms with Gasteiger partial charge in [-0.3, -0.25) is 37.3 Å². The lowest BCUT2D eigenvalue weighted by Crippen LogP contribution is -2.30. The molecule has 0 bridgehead atoms. The number of aliphatic hydroxyl groups is 1. The van der Waals surface area contributed by atoms with Crippen LogP contribution in [0.15, 0.2) is 0 Å². The van der Waals surface area contributed by atoms with E-state index in [9.17, 15) is 43.2 Å². The highest BCUT2D eigenvalue weighted by molar-refractivity contribution is 7.47. The third kappa shape index (κ3) is 74.2. The standard InChI is InChI=1S/C85H166O17P2/c1-9-76(6)62-54-46-38-30-24-20-16-14-12-13-15-17-22-26-33-41-49-57-65-82(87)95-71-80(101-85(90)68-60-52-43-35-29-28-32-40-48-56-64-78(8)11-3)73-99-103(91,92)97-69-79(86)70-98-104(93,94)100-74-81(72-96-83(88)66-58-50-44-36-37-45-53-61-75(4)5)102-84(89)67-59-51-42-34-27-23-19-18-21-25-31-39-47-55-63-77(7)10-2/h75-81,86H,9-74H2,1-8H3,(H,91,92)(H,93,94)/t76?,77?,78?,79?,80-,81-/m1/s1. The van der Waals surface area contributed by atoms with Crippen molar-refractivity contribution in [3.8, 4) is 0 Å². The predicted octanol–water partition coefficient (Wildman–Crippen LogP) is 25.6. The Labute approximate surface area is 638 Å². The zero-order valence-electron chi connectivity index (χ0n) is 68.7. The van der Waals surface area contributed by atoms with Gasteiger partial charge in [0, 0.05) is 25.7 Å². The molecule has 0 aromatic heterocycles. The summed E-state index contributed by atoms with van der Waals surface area (Å²) in [4.78, 5) is 73.1. The van der Waals surface area contributed by atoms with Gasteiger partial charge in [0.2, 0.25) is 0 Å². The van der Waals surface area contributed by atoms with E-state index in [2.05, 4.69) is 55.4 Å². The van der Waals surface area contributed by atoms with Crippen LogP contribution in [0.5, 0.6) is 0 Å². The number of hydrogen-bond acceptors (Lipinski definition) is 15. The fourth-order valence-corrected chi connectivity index (χ4v) is 14.6. The number of unbranched alkanes of at least 4 members (excludes halogenated alkanes) is 45. The van der Waals surface area contributed by atoms with Crippen LogP contribution < -0.4 is 0 Å². The van der Waals surface area contributed by atoms with E-state index >= 15 is 0 Å². The van der Waals surface area contributed by atoms with Crippen LogP contribution in [0, 0.1) is 23.7 Å². The first kappa shape index (κ1) is 102. The van der Waals surface area contributed by atoms with Gasteiger partial charge in [-0.05, 0) is 49.4 Å². The Morgan fingerprint density at radius 1 is 0.269 bits per heavy atom. The van der Waals surface area contributed by atoms with Crippen molar-refractivity contribution >= 4 is 39.5 Å². The molecule has 0 aliphatic heterocycles. The average molecular weight is 1520 g/mol. The zero-order valence-corrected chi connectivity index (χ0v) is 70.5. The normalized spacial score (nSPS) is 14.7. The molecule has 3 N–H and O–H groups in total. The fraction of sp³-hybridized carbons (Fsp3) is 0.953. The Bertz CT molecular complexity index is 2030. The van der Waals surface area contributed by atoms with Crippen LogP contribution in [-0.2, 0) is 65.4 Å². The van der Waals surface area contributed by atoms with Crippen LogP contribution in [0.4, 0.5) is 0 Å². The van der Waals surface area contributed by atoms with Crippen molar-refractivity contribution in [1.82, 2.24) is 0 Å². The molecule has 0 aromatic carbocycles. The predicted molar refractivity (Wildman–Crippen MR) is 428 cm³/mol. The lowest BCUT2D eigenvalue weighted by Gasteiger charge is -2.21. The van der Waals surface area contributed by atoms with Crippen molar-refractivity contribution in [2.45, 2.75) is 459 Å². The molecule has 0 saturated carbocycles. The molecule has 0 aliphatic carbocycles. The van der Waals surface area contributed by atoms with Gasteiger partial charge in [-0.25, -0.2) is 9.13 Å². The SMILES string of the molecule is CCC(C)CCCCCCCCCCCCCCCCCCCCC(=O)OC[C@H](COP(=O)(O)OCC(O)COP(=O)(O)OC[C@@H](COC(=O)CCCCCCCCCC(C)C)OC(=O)CCCCCCCCCCCCCCCCC(C)CC)OC(=O)CCCCCCCCCCCCC(C)CC. The molecule has 0 aliphatic rings. The van der Waals surface area contributed by atoms with E-state index in [4.69, 9.17) is 37.0 Å². The van der Waals surface area contributed by atoms with Crippen molar-refractivity contribution < 1.29 is 80.2 Å². The number of hydrogen-bond donors (Lipinski definition) is 3. The van der Waals surface area contributed by atoms with E-state index < -0.39 is 97.5 Å². The maximum atomic E-state index is 13.1. The minimum Gasteiger partial charge on any atom is -0.462 e. The van der Waals surface area contributed by atoms with Gasteiger partial charge in [-0.1, -0.05) is 389 Å². The number of ether oxygens (including phenoxy) is 4. The Hall–Kier alpha value is -1.94. The van der Waals surface area contributed by atoms with Crippen LogP contribution in [-0.4, -0.2) is 96.7 Å². The summed E-state index contributed by atoms with van der Waals surface area (Å²) >= 11 is 0. The van der Waals surface area contributed by atoms with Crippen molar-refractivity contribution in [3.05, 3.63) is 0 Å². The summed E-state index contributed by atoms with van der Waals surface area (Å²) in [5.41, 5.74) is 0. The Morgan fingerprint density at radius 3 is 0.683 bits per heavy atom. The molecule has 19 heteroatoms. The molecule has 17 nitrogen and oxygen atoms in total. The molecule has 0 aromatic rings. The van der Waals surface area contributed by atoms with Crippen LogP contribution in [0.1, 0.15) is 441 Å². The molecule has 0 heterocycles. The molecule has 0 rings (SSSR count). The smallest absolute Gasteiger partial charge is 0.462 e. The van der Waals surface area contributed by atoms with Gasteiger partial charge < -0.3 is 33.8 Å². The van der Waals surface area contributed by atoms with Crippen molar-refractivity contribution in [3.63, 3.8) is 0 Å². The molecule has 8 atom stereocenters. The Morgan fingerprint density at radius 2 is 0.462 bits per heavy atom. The summed E-state index contributed by atoms with van der Waals surface area (Å²) in [7, 11) is -9.93. The Balaban J connectivity index is 5.20. The number of phosphoric acid groups is 2. The summed E-state index contributed by atoms with van der Waals surface area (Å²) in [6.07, 6.45) is 62.4. The second-order valence-electron chi connectivity index (χ2n) is 31.8. The first-order valence-corrected chi connectivity index (χ1v) is 46.8. The first-order valence-electron chi connectivity index (χ1n) is 43.8. The maximum Gasteiger partial charge on any atom is 0.472 e. The van der Waals surface area contributed by atoms with E-state index in [1.54, 1.807) is 0 Å². The van der Waals surface area contributed by atoms with Gasteiger partial charge >= 0.3 is 39.5 Å². The van der Waals surface area contributed by atoms with Gasteiger partial charge in [0.15, 0.2) is 12.2 Å². The van der Waals surface area contributed by atoms with Crippen LogP contribution >= 0.6 is 15.6 Å². The second kappa shape index (κ2) is 73.8. The van der Waals surface area contributed by atoms with E-state index in [-0.39, 0.29) is 25.7 Å². The molecule has 0 amide bonds. The van der Waals surface area contributed by atoms with Crippen molar-refractivity contribution in [2.24, 2.45) is 23.7 Å². The molecule has 0 saturated heterocycles. The zero-order chi connectivity index (χ0) is 76.7. The number of carbonyl (C=O) groups excluding carboxylic acids is 4. The molecule has 104 heavy (non-hydrogen) atoms. The van der Waals surface area contributed by atoms with Crippen molar-refractivity contribution in [2.75, 3.05) is 39.6 Å². The number of phosphoric ester groups is 2. The summed E-state index contributed by atoms with van der Waals surface area (Å²) in [6, 6.07) is 0. The molecule has 0 fully saturated rings. The van der Waals surface area contributed by atoms with Gasteiger partial charge in [-0.15, -0.1) is 0 Å². The quantitative estimate of drug-likeness (QED) is 0.0222. The van der Waals surface area contributed by atoms with E-state index in [1.807, 2.05) is 0 Å². The molecule has 0 spiro atoms. The number of rotatable bonds is 82. The first-order chi connectivity index (χ1) is 50.2. The number of carbonyl (C=O) groups is 4. The second-order valence-corrected chi connectivity index (χ2v) is 34.7. The van der Waals surface area contributed by atoms with Crippen LogP contribution in [0.25, 0.3) is 0 Å². The van der Waals surface area contributed by atoms with E-state index in [0.29, 0.717) is 31.6 Å². The third-order valence-corrected chi connectivity index (χ3v) is 22.8. The molecule has 6 unspecified atom stereocenters. The number of esters is 4. The summed E-state index contributed by atoms with van der Waals surface area (Å²) in [6.45, 7) is 14.4. The van der Waals surface area contributed by atoms with E-state index in [0.717, 1.165) is 114 Å². The lowest BCUT2D eigenvalue weighted by molar-refractivity contribution is -0.161. The minimum atomic E-state index is -4.96. The molecule has 0 radical (unpaired) electrons.